The number of benzene rings is 3. The average Bonchev–Trinajstić information content (AvgIpc) is 2.89. The highest BCUT2D eigenvalue weighted by atomic mass is 19.4. The molecule has 4 N–H and O–H groups in total. The summed E-state index contributed by atoms with van der Waals surface area (Å²) in [6.45, 7) is 0. The maximum atomic E-state index is 13.6. The molecule has 1 atom stereocenters. The lowest BCUT2D eigenvalue weighted by Crippen LogP contribution is -2.51. The Kier molecular flexibility index (Phi) is 7.55. The van der Waals surface area contributed by atoms with E-state index >= 15 is 0 Å². The van der Waals surface area contributed by atoms with E-state index in [0.29, 0.717) is 18.5 Å². The zero-order valence-electron chi connectivity index (χ0n) is 20.2. The van der Waals surface area contributed by atoms with Gasteiger partial charge in [0.05, 0.1) is 17.2 Å². The number of alkyl halides is 3. The van der Waals surface area contributed by atoms with Crippen LogP contribution in [0.3, 0.4) is 0 Å². The molecule has 4 rings (SSSR count). The summed E-state index contributed by atoms with van der Waals surface area (Å²) in [6.07, 6.45) is -0.813. The molecule has 1 unspecified atom stereocenters. The molecule has 37 heavy (non-hydrogen) atoms. The van der Waals surface area contributed by atoms with E-state index in [1.54, 1.807) is 6.07 Å². The van der Waals surface area contributed by atoms with E-state index in [-0.39, 0.29) is 18.0 Å². The Bertz CT molecular complexity index is 1330. The summed E-state index contributed by atoms with van der Waals surface area (Å²) in [5.74, 6) is -1.13. The summed E-state index contributed by atoms with van der Waals surface area (Å²) in [6, 6.07) is 19.2. The van der Waals surface area contributed by atoms with Crippen LogP contribution in [0.25, 0.3) is 11.1 Å². The number of halogens is 3. The number of nitrogen functional groups attached to an aromatic ring is 1. The van der Waals surface area contributed by atoms with E-state index in [2.05, 4.69) is 5.32 Å². The minimum absolute atomic E-state index is 0.0170. The molecular formula is C29H28F3N3O2. The fourth-order valence-corrected chi connectivity index (χ4v) is 5.14. The first kappa shape index (κ1) is 26.2. The van der Waals surface area contributed by atoms with Crippen LogP contribution in [0.4, 0.5) is 24.5 Å². The quantitative estimate of drug-likeness (QED) is 0.340. The monoisotopic (exact) mass is 507 g/mol. The van der Waals surface area contributed by atoms with Gasteiger partial charge in [0.15, 0.2) is 0 Å². The standard InChI is InChI=1S/C29H28F3N3O2/c30-29(31,32)26-16-24(14-13-21(26)18-33)35-27(36)28(37,22-9-2-1-3-10-22)17-20-7-4-5-12-25(20)19-8-6-11-23(34)15-19/h4-8,11-16,22,37H,1-3,9-10,17,34H2,(H,35,36). The first-order chi connectivity index (χ1) is 17.6. The molecule has 1 saturated carbocycles. The van der Waals surface area contributed by atoms with Crippen molar-refractivity contribution in [3.05, 3.63) is 83.4 Å². The van der Waals surface area contributed by atoms with Crippen molar-refractivity contribution in [1.82, 2.24) is 0 Å². The summed E-state index contributed by atoms with van der Waals surface area (Å²) in [5.41, 5.74) is 5.27. The molecule has 3 aromatic carbocycles. The summed E-state index contributed by atoms with van der Waals surface area (Å²) >= 11 is 0. The lowest BCUT2D eigenvalue weighted by Gasteiger charge is -2.38. The fourth-order valence-electron chi connectivity index (χ4n) is 5.14. The van der Waals surface area contributed by atoms with Gasteiger partial charge in [0.2, 0.25) is 0 Å². The van der Waals surface area contributed by atoms with Crippen molar-refractivity contribution < 1.29 is 23.1 Å². The molecule has 0 radical (unpaired) electrons. The number of hydrogen-bond acceptors (Lipinski definition) is 4. The van der Waals surface area contributed by atoms with Gasteiger partial charge < -0.3 is 16.2 Å². The number of nitrogens with two attached hydrogens (primary N) is 1. The van der Waals surface area contributed by atoms with Crippen LogP contribution in [0.2, 0.25) is 0 Å². The predicted molar refractivity (Wildman–Crippen MR) is 136 cm³/mol. The van der Waals surface area contributed by atoms with Crippen LogP contribution in [0, 0.1) is 17.2 Å². The number of anilines is 2. The van der Waals surface area contributed by atoms with Crippen LogP contribution < -0.4 is 11.1 Å². The highest BCUT2D eigenvalue weighted by Crippen LogP contribution is 2.39. The number of nitriles is 1. The van der Waals surface area contributed by atoms with Crippen LogP contribution in [0.5, 0.6) is 0 Å². The third-order valence-corrected chi connectivity index (χ3v) is 7.05. The molecule has 3 aromatic rings. The minimum Gasteiger partial charge on any atom is -0.399 e. The van der Waals surface area contributed by atoms with Crippen molar-refractivity contribution in [2.45, 2.75) is 50.3 Å². The first-order valence-corrected chi connectivity index (χ1v) is 12.2. The van der Waals surface area contributed by atoms with Crippen LogP contribution in [0.15, 0.2) is 66.7 Å². The number of carbonyl (C=O) groups is 1. The molecular weight excluding hydrogens is 479 g/mol. The SMILES string of the molecule is N#Cc1ccc(NC(=O)C(O)(Cc2ccccc2-c2cccc(N)c2)C2CCCCC2)cc1C(F)(F)F. The van der Waals surface area contributed by atoms with Crippen molar-refractivity contribution >= 4 is 17.3 Å². The van der Waals surface area contributed by atoms with E-state index in [0.717, 1.165) is 48.1 Å². The highest BCUT2D eigenvalue weighted by Gasteiger charge is 2.45. The Morgan fingerprint density at radius 2 is 1.76 bits per heavy atom. The Morgan fingerprint density at radius 3 is 2.43 bits per heavy atom. The van der Waals surface area contributed by atoms with Gasteiger partial charge in [-0.3, -0.25) is 4.79 Å². The van der Waals surface area contributed by atoms with Crippen LogP contribution in [0.1, 0.15) is 48.8 Å². The molecule has 0 aromatic heterocycles. The predicted octanol–water partition coefficient (Wildman–Crippen LogP) is 6.32. The molecule has 0 bridgehead atoms. The topological polar surface area (TPSA) is 99.1 Å². The van der Waals surface area contributed by atoms with Gasteiger partial charge in [-0.15, -0.1) is 0 Å². The Morgan fingerprint density at radius 1 is 1.03 bits per heavy atom. The molecule has 8 heteroatoms. The Hall–Kier alpha value is -3.83. The number of hydrogen-bond donors (Lipinski definition) is 3. The highest BCUT2D eigenvalue weighted by molar-refractivity contribution is 5.98. The summed E-state index contributed by atoms with van der Waals surface area (Å²) in [4.78, 5) is 13.6. The number of nitrogens with one attached hydrogen (secondary N) is 1. The maximum absolute atomic E-state index is 13.6. The third-order valence-electron chi connectivity index (χ3n) is 7.05. The molecule has 0 heterocycles. The second kappa shape index (κ2) is 10.7. The van der Waals surface area contributed by atoms with Gasteiger partial charge in [-0.1, -0.05) is 55.7 Å². The Labute approximate surface area is 213 Å². The summed E-state index contributed by atoms with van der Waals surface area (Å²) < 4.78 is 40.4. The second-order valence-electron chi connectivity index (χ2n) is 9.54. The van der Waals surface area contributed by atoms with E-state index in [1.807, 2.05) is 42.5 Å². The maximum Gasteiger partial charge on any atom is 0.417 e. The van der Waals surface area contributed by atoms with E-state index in [1.165, 1.54) is 12.1 Å². The van der Waals surface area contributed by atoms with Crippen molar-refractivity contribution in [2.24, 2.45) is 5.92 Å². The zero-order valence-corrected chi connectivity index (χ0v) is 20.2. The molecule has 0 spiro atoms. The minimum atomic E-state index is -4.76. The van der Waals surface area contributed by atoms with Gasteiger partial charge in [0, 0.05) is 17.8 Å². The van der Waals surface area contributed by atoms with Gasteiger partial charge in [0.1, 0.15) is 5.60 Å². The molecule has 0 aliphatic heterocycles. The molecule has 1 aliphatic carbocycles. The molecule has 1 fully saturated rings. The molecule has 1 amide bonds. The first-order valence-electron chi connectivity index (χ1n) is 12.2. The average molecular weight is 508 g/mol. The van der Waals surface area contributed by atoms with Gasteiger partial charge in [-0.2, -0.15) is 18.4 Å². The van der Waals surface area contributed by atoms with E-state index in [4.69, 9.17) is 11.0 Å². The number of aliphatic hydroxyl groups is 1. The van der Waals surface area contributed by atoms with Crippen LogP contribution >= 0.6 is 0 Å². The van der Waals surface area contributed by atoms with Crippen LogP contribution in [-0.4, -0.2) is 16.6 Å². The van der Waals surface area contributed by atoms with Crippen LogP contribution in [-0.2, 0) is 17.4 Å². The fraction of sp³-hybridized carbons (Fsp3) is 0.310. The molecule has 1 aliphatic rings. The van der Waals surface area contributed by atoms with E-state index < -0.39 is 28.8 Å². The van der Waals surface area contributed by atoms with Crippen molar-refractivity contribution in [3.8, 4) is 17.2 Å². The van der Waals surface area contributed by atoms with Crippen molar-refractivity contribution in [3.63, 3.8) is 0 Å². The third kappa shape index (κ3) is 5.78. The van der Waals surface area contributed by atoms with Gasteiger partial charge in [-0.25, -0.2) is 0 Å². The van der Waals surface area contributed by atoms with E-state index in [9.17, 15) is 23.1 Å². The summed E-state index contributed by atoms with van der Waals surface area (Å²) in [5, 5.41) is 23.5. The zero-order chi connectivity index (χ0) is 26.6. The lowest BCUT2D eigenvalue weighted by molar-refractivity contribution is -0.142. The molecule has 5 nitrogen and oxygen atoms in total. The van der Waals surface area contributed by atoms with Gasteiger partial charge in [-0.05, 0) is 65.8 Å². The lowest BCUT2D eigenvalue weighted by atomic mass is 9.72. The largest absolute Gasteiger partial charge is 0.417 e. The summed E-state index contributed by atoms with van der Waals surface area (Å²) in [7, 11) is 0. The number of nitrogens with zero attached hydrogens (tertiary/aromatic N) is 1. The van der Waals surface area contributed by atoms with Crippen molar-refractivity contribution in [1.29, 1.82) is 5.26 Å². The number of carbonyl (C=O) groups excluding carboxylic acids is 1. The Balaban J connectivity index is 1.71. The van der Waals surface area contributed by atoms with Gasteiger partial charge in [0.25, 0.3) is 5.91 Å². The van der Waals surface area contributed by atoms with Gasteiger partial charge >= 0.3 is 6.18 Å². The number of amides is 1. The molecule has 0 saturated heterocycles. The smallest absolute Gasteiger partial charge is 0.399 e. The second-order valence-corrected chi connectivity index (χ2v) is 9.54. The number of rotatable bonds is 6. The normalized spacial score (nSPS) is 16.0. The van der Waals surface area contributed by atoms with Crippen molar-refractivity contribution in [2.75, 3.05) is 11.1 Å². The molecule has 192 valence electrons.